The van der Waals surface area contributed by atoms with Gasteiger partial charge >= 0.3 is 6.18 Å². The van der Waals surface area contributed by atoms with Crippen molar-refractivity contribution in [2.45, 2.75) is 51.6 Å². The lowest BCUT2D eigenvalue weighted by Crippen LogP contribution is -2.37. The molecule has 0 radical (unpaired) electrons. The third-order valence-electron chi connectivity index (χ3n) is 3.93. The molecule has 1 aliphatic heterocycles. The molecule has 6 heteroatoms. The average molecular weight is 300 g/mol. The van der Waals surface area contributed by atoms with Crippen LogP contribution in [0.1, 0.15) is 44.5 Å². The minimum atomic E-state index is -4.35. The van der Waals surface area contributed by atoms with Crippen molar-refractivity contribution in [1.82, 2.24) is 10.2 Å². The Kier molecular flexibility index (Phi) is 4.27. The predicted molar refractivity (Wildman–Crippen MR) is 73.4 cm³/mol. The summed E-state index contributed by atoms with van der Waals surface area (Å²) < 4.78 is 37.8. The second-order valence-electron chi connectivity index (χ2n) is 5.41. The monoisotopic (exact) mass is 300 g/mol. The Labute approximate surface area is 122 Å². The lowest BCUT2D eigenvalue weighted by Gasteiger charge is -2.30. The van der Waals surface area contributed by atoms with Gasteiger partial charge in [-0.3, -0.25) is 10.1 Å². The number of amides is 1. The van der Waals surface area contributed by atoms with Crippen molar-refractivity contribution in [2.24, 2.45) is 0 Å². The molecule has 0 bridgehead atoms. The Morgan fingerprint density at radius 3 is 2.33 bits per heavy atom. The van der Waals surface area contributed by atoms with Gasteiger partial charge in [-0.15, -0.1) is 0 Å². The Morgan fingerprint density at radius 1 is 1.29 bits per heavy atom. The third-order valence-corrected chi connectivity index (χ3v) is 3.93. The molecule has 0 saturated carbocycles. The Hall–Kier alpha value is -1.56. The molecule has 1 N–H and O–H groups in total. The van der Waals surface area contributed by atoms with E-state index in [1.54, 1.807) is 11.8 Å². The number of nitrogens with zero attached hydrogens (tertiary/aromatic N) is 1. The van der Waals surface area contributed by atoms with E-state index in [-0.39, 0.29) is 24.2 Å². The summed E-state index contributed by atoms with van der Waals surface area (Å²) in [6.07, 6.45) is -3.93. The second kappa shape index (κ2) is 5.67. The van der Waals surface area contributed by atoms with Crippen molar-refractivity contribution in [2.75, 3.05) is 0 Å². The fraction of sp³-hybridized carbons (Fsp3) is 0.533. The van der Waals surface area contributed by atoms with Crippen LogP contribution in [0.3, 0.4) is 0 Å². The van der Waals surface area contributed by atoms with Gasteiger partial charge in [0.1, 0.15) is 6.17 Å². The van der Waals surface area contributed by atoms with Gasteiger partial charge in [0.2, 0.25) is 5.91 Å². The van der Waals surface area contributed by atoms with E-state index in [1.165, 1.54) is 12.1 Å². The zero-order valence-corrected chi connectivity index (χ0v) is 12.2. The van der Waals surface area contributed by atoms with Crippen LogP contribution in [-0.2, 0) is 11.0 Å². The van der Waals surface area contributed by atoms with E-state index >= 15 is 0 Å². The van der Waals surface area contributed by atoms with Gasteiger partial charge in [-0.25, -0.2) is 0 Å². The Bertz CT molecular complexity index is 513. The van der Waals surface area contributed by atoms with Crippen molar-refractivity contribution in [3.63, 3.8) is 0 Å². The van der Waals surface area contributed by atoms with Crippen LogP contribution in [-0.4, -0.2) is 22.9 Å². The van der Waals surface area contributed by atoms with Crippen molar-refractivity contribution in [3.05, 3.63) is 35.4 Å². The molecule has 1 amide bonds. The largest absolute Gasteiger partial charge is 0.416 e. The van der Waals surface area contributed by atoms with Crippen LogP contribution < -0.4 is 5.32 Å². The van der Waals surface area contributed by atoms with Crippen molar-refractivity contribution < 1.29 is 18.0 Å². The summed E-state index contributed by atoms with van der Waals surface area (Å²) in [5.74, 6) is -0.0192. The number of carbonyl (C=O) groups is 1. The summed E-state index contributed by atoms with van der Waals surface area (Å²) in [4.78, 5) is 13.9. The summed E-state index contributed by atoms with van der Waals surface area (Å²) in [7, 11) is 0. The molecule has 1 heterocycles. The molecule has 116 valence electrons. The number of benzene rings is 1. The number of hydrogen-bond donors (Lipinski definition) is 1. The molecule has 3 unspecified atom stereocenters. The molecule has 1 aromatic carbocycles. The number of nitrogens with one attached hydrogen (secondary N) is 1. The molecule has 3 nitrogen and oxygen atoms in total. The van der Waals surface area contributed by atoms with E-state index < -0.39 is 11.7 Å². The minimum Gasteiger partial charge on any atom is -0.319 e. The topological polar surface area (TPSA) is 32.3 Å². The van der Waals surface area contributed by atoms with Crippen LogP contribution in [0.2, 0.25) is 0 Å². The molecule has 0 spiro atoms. The Morgan fingerprint density at radius 2 is 1.86 bits per heavy atom. The smallest absolute Gasteiger partial charge is 0.319 e. The van der Waals surface area contributed by atoms with Gasteiger partial charge in [-0.1, -0.05) is 19.1 Å². The van der Waals surface area contributed by atoms with E-state index in [9.17, 15) is 18.0 Å². The highest BCUT2D eigenvalue weighted by molar-refractivity contribution is 5.84. The average Bonchev–Trinajstić information content (AvgIpc) is 2.73. The SMILES string of the molecule is CCC(C)N1C(=O)C(C)NC1c1ccc(C(F)(F)F)cc1. The normalized spacial score (nSPS) is 24.5. The van der Waals surface area contributed by atoms with E-state index in [0.717, 1.165) is 18.6 Å². The molecule has 2 rings (SSSR count). The maximum absolute atomic E-state index is 12.6. The third kappa shape index (κ3) is 3.05. The van der Waals surface area contributed by atoms with Gasteiger partial charge in [0.15, 0.2) is 0 Å². The predicted octanol–water partition coefficient (Wildman–Crippen LogP) is 3.32. The van der Waals surface area contributed by atoms with Crippen LogP contribution in [0.5, 0.6) is 0 Å². The maximum atomic E-state index is 12.6. The van der Waals surface area contributed by atoms with E-state index in [0.29, 0.717) is 5.56 Å². The van der Waals surface area contributed by atoms with Crippen LogP contribution in [0.25, 0.3) is 0 Å². The molecular formula is C15H19F3N2O. The summed E-state index contributed by atoms with van der Waals surface area (Å²) >= 11 is 0. The van der Waals surface area contributed by atoms with Crippen molar-refractivity contribution >= 4 is 5.91 Å². The first-order valence-electron chi connectivity index (χ1n) is 7.01. The second-order valence-corrected chi connectivity index (χ2v) is 5.41. The van der Waals surface area contributed by atoms with Gasteiger partial charge in [0, 0.05) is 6.04 Å². The van der Waals surface area contributed by atoms with Crippen LogP contribution >= 0.6 is 0 Å². The molecule has 1 saturated heterocycles. The first-order valence-corrected chi connectivity index (χ1v) is 7.01. The van der Waals surface area contributed by atoms with Crippen molar-refractivity contribution in [3.8, 4) is 0 Å². The Balaban J connectivity index is 2.29. The van der Waals surface area contributed by atoms with Gasteiger partial charge in [-0.05, 0) is 38.0 Å². The van der Waals surface area contributed by atoms with Crippen LogP contribution in [0.4, 0.5) is 13.2 Å². The lowest BCUT2D eigenvalue weighted by molar-refractivity contribution is -0.137. The zero-order chi connectivity index (χ0) is 15.8. The lowest BCUT2D eigenvalue weighted by atomic mass is 10.1. The number of alkyl halides is 3. The number of carbonyl (C=O) groups excluding carboxylic acids is 1. The first kappa shape index (κ1) is 15.8. The highest BCUT2D eigenvalue weighted by Crippen LogP contribution is 2.32. The highest BCUT2D eigenvalue weighted by atomic mass is 19.4. The standard InChI is InChI=1S/C15H19F3N2O/c1-4-9(2)20-13(19-10(3)14(20)21)11-5-7-12(8-6-11)15(16,17)18/h5-10,13,19H,4H2,1-3H3. The highest BCUT2D eigenvalue weighted by Gasteiger charge is 2.39. The van der Waals surface area contributed by atoms with Crippen molar-refractivity contribution in [1.29, 1.82) is 0 Å². The maximum Gasteiger partial charge on any atom is 0.416 e. The zero-order valence-electron chi connectivity index (χ0n) is 12.2. The first-order chi connectivity index (χ1) is 9.75. The number of rotatable bonds is 3. The van der Waals surface area contributed by atoms with E-state index in [1.807, 2.05) is 13.8 Å². The fourth-order valence-electron chi connectivity index (χ4n) is 2.52. The van der Waals surface area contributed by atoms with Crippen LogP contribution in [0.15, 0.2) is 24.3 Å². The molecule has 1 fully saturated rings. The summed E-state index contributed by atoms with van der Waals surface area (Å²) in [5.41, 5.74) is -0.0142. The van der Waals surface area contributed by atoms with Gasteiger partial charge in [0.05, 0.1) is 11.6 Å². The number of hydrogen-bond acceptors (Lipinski definition) is 2. The summed E-state index contributed by atoms with van der Waals surface area (Å²) in [6, 6.07) is 4.68. The van der Waals surface area contributed by atoms with Crippen LogP contribution in [0, 0.1) is 0 Å². The molecule has 0 aliphatic carbocycles. The quantitative estimate of drug-likeness (QED) is 0.928. The molecule has 1 aromatic rings. The summed E-state index contributed by atoms with van der Waals surface area (Å²) in [6.45, 7) is 5.68. The van der Waals surface area contributed by atoms with Gasteiger partial charge in [0.25, 0.3) is 0 Å². The molecule has 1 aliphatic rings. The molecule has 0 aromatic heterocycles. The van der Waals surface area contributed by atoms with E-state index in [4.69, 9.17) is 0 Å². The van der Waals surface area contributed by atoms with Gasteiger partial charge in [-0.2, -0.15) is 13.2 Å². The summed E-state index contributed by atoms with van der Waals surface area (Å²) in [5, 5.41) is 3.14. The van der Waals surface area contributed by atoms with Gasteiger partial charge < -0.3 is 4.90 Å². The number of halogens is 3. The molecule has 21 heavy (non-hydrogen) atoms. The fourth-order valence-corrected chi connectivity index (χ4v) is 2.52. The molecular weight excluding hydrogens is 281 g/mol. The van der Waals surface area contributed by atoms with E-state index in [2.05, 4.69) is 5.32 Å². The molecule has 3 atom stereocenters. The minimum absolute atomic E-state index is 0.0192.